The summed E-state index contributed by atoms with van der Waals surface area (Å²) in [7, 11) is 1.79. The van der Waals surface area contributed by atoms with Crippen LogP contribution in [0.4, 0.5) is 5.69 Å². The summed E-state index contributed by atoms with van der Waals surface area (Å²) in [5, 5.41) is 2.84. The van der Waals surface area contributed by atoms with Crippen molar-refractivity contribution in [2.75, 3.05) is 11.9 Å². The molecule has 6 nitrogen and oxygen atoms in total. The second-order valence-corrected chi connectivity index (χ2v) is 6.78. The number of nitrogens with zero attached hydrogens (tertiary/aromatic N) is 3. The lowest BCUT2D eigenvalue weighted by atomic mass is 10.0. The molecular formula is C23H24N4O2. The third-order valence-electron chi connectivity index (χ3n) is 4.74. The number of aryl methyl sites for hydroxylation is 1. The second kappa shape index (κ2) is 9.10. The van der Waals surface area contributed by atoms with E-state index in [1.807, 2.05) is 50.2 Å². The van der Waals surface area contributed by atoms with Gasteiger partial charge >= 0.3 is 0 Å². The summed E-state index contributed by atoms with van der Waals surface area (Å²) < 4.78 is 0. The highest BCUT2D eigenvalue weighted by Gasteiger charge is 2.12. The van der Waals surface area contributed by atoms with Crippen LogP contribution in [0.3, 0.4) is 0 Å². The Morgan fingerprint density at radius 3 is 2.48 bits per heavy atom. The van der Waals surface area contributed by atoms with Crippen molar-refractivity contribution in [3.05, 3.63) is 77.9 Å². The number of hydrogen-bond acceptors (Lipinski definition) is 4. The minimum Gasteiger partial charge on any atom is -0.347 e. The van der Waals surface area contributed by atoms with Gasteiger partial charge in [-0.2, -0.15) is 0 Å². The number of rotatable bonds is 6. The number of benzene rings is 1. The first-order valence-corrected chi connectivity index (χ1v) is 9.50. The molecule has 0 aliphatic heterocycles. The monoisotopic (exact) mass is 388 g/mol. The van der Waals surface area contributed by atoms with Gasteiger partial charge in [-0.15, -0.1) is 0 Å². The Morgan fingerprint density at radius 1 is 1.07 bits per heavy atom. The SMILES string of the molecule is CCC(=O)N(C)c1ccc(-c2ccc(C(=O)NCc3cccnc3)nc2)cc1C. The van der Waals surface area contributed by atoms with E-state index in [-0.39, 0.29) is 11.8 Å². The summed E-state index contributed by atoms with van der Waals surface area (Å²) in [6.07, 6.45) is 5.56. The Bertz CT molecular complexity index is 1000. The number of carbonyl (C=O) groups is 2. The number of amides is 2. The molecular weight excluding hydrogens is 364 g/mol. The van der Waals surface area contributed by atoms with Crippen LogP contribution in [0.25, 0.3) is 11.1 Å². The maximum absolute atomic E-state index is 12.3. The lowest BCUT2D eigenvalue weighted by Crippen LogP contribution is -2.25. The predicted molar refractivity (Wildman–Crippen MR) is 114 cm³/mol. The summed E-state index contributed by atoms with van der Waals surface area (Å²) in [6.45, 7) is 4.23. The summed E-state index contributed by atoms with van der Waals surface area (Å²) in [6, 6.07) is 13.2. The van der Waals surface area contributed by atoms with Gasteiger partial charge in [0.15, 0.2) is 0 Å². The molecule has 2 aromatic heterocycles. The maximum Gasteiger partial charge on any atom is 0.270 e. The van der Waals surface area contributed by atoms with Crippen LogP contribution in [-0.2, 0) is 11.3 Å². The molecule has 0 radical (unpaired) electrons. The summed E-state index contributed by atoms with van der Waals surface area (Å²) >= 11 is 0. The fourth-order valence-electron chi connectivity index (χ4n) is 3.06. The zero-order chi connectivity index (χ0) is 20.8. The van der Waals surface area contributed by atoms with Crippen LogP contribution in [0.1, 0.15) is 35.0 Å². The van der Waals surface area contributed by atoms with Crippen molar-refractivity contribution in [3.8, 4) is 11.1 Å². The van der Waals surface area contributed by atoms with Gasteiger partial charge < -0.3 is 10.2 Å². The van der Waals surface area contributed by atoms with Crippen LogP contribution in [0.15, 0.2) is 61.1 Å². The van der Waals surface area contributed by atoms with Gasteiger partial charge in [0.25, 0.3) is 5.91 Å². The van der Waals surface area contributed by atoms with Crippen LogP contribution < -0.4 is 10.2 Å². The average molecular weight is 388 g/mol. The molecule has 0 aliphatic rings. The Morgan fingerprint density at radius 2 is 1.86 bits per heavy atom. The van der Waals surface area contributed by atoms with E-state index in [2.05, 4.69) is 15.3 Å². The van der Waals surface area contributed by atoms with E-state index < -0.39 is 0 Å². The van der Waals surface area contributed by atoms with Gasteiger partial charge in [-0.3, -0.25) is 19.6 Å². The van der Waals surface area contributed by atoms with E-state index >= 15 is 0 Å². The molecule has 3 aromatic rings. The zero-order valence-corrected chi connectivity index (χ0v) is 16.8. The van der Waals surface area contributed by atoms with Crippen molar-refractivity contribution in [3.63, 3.8) is 0 Å². The highest BCUT2D eigenvalue weighted by Crippen LogP contribution is 2.26. The summed E-state index contributed by atoms with van der Waals surface area (Å²) in [5.74, 6) is -0.157. The summed E-state index contributed by atoms with van der Waals surface area (Å²) in [4.78, 5) is 34.2. The molecule has 0 atom stereocenters. The van der Waals surface area contributed by atoms with Gasteiger partial charge in [0.1, 0.15) is 5.69 Å². The number of hydrogen-bond donors (Lipinski definition) is 1. The Balaban J connectivity index is 1.70. The minimum absolute atomic E-state index is 0.0733. The Kier molecular flexibility index (Phi) is 6.34. The minimum atomic E-state index is -0.230. The molecule has 1 N–H and O–H groups in total. The molecule has 3 rings (SSSR count). The van der Waals surface area contributed by atoms with Crippen molar-refractivity contribution in [1.82, 2.24) is 15.3 Å². The number of nitrogens with one attached hydrogen (secondary N) is 1. The third-order valence-corrected chi connectivity index (χ3v) is 4.74. The molecule has 2 amide bonds. The van der Waals surface area contributed by atoms with Gasteiger partial charge in [0, 0.05) is 49.9 Å². The van der Waals surface area contributed by atoms with Gasteiger partial charge in [0.2, 0.25) is 5.91 Å². The van der Waals surface area contributed by atoms with Crippen molar-refractivity contribution >= 4 is 17.5 Å². The van der Waals surface area contributed by atoms with Gasteiger partial charge in [-0.05, 0) is 47.9 Å². The normalized spacial score (nSPS) is 10.4. The third kappa shape index (κ3) is 4.85. The quantitative estimate of drug-likeness (QED) is 0.698. The van der Waals surface area contributed by atoms with Crippen LogP contribution in [0.5, 0.6) is 0 Å². The van der Waals surface area contributed by atoms with E-state index in [0.29, 0.717) is 18.7 Å². The first kappa shape index (κ1) is 20.2. The highest BCUT2D eigenvalue weighted by atomic mass is 16.2. The molecule has 0 saturated heterocycles. The molecule has 0 unspecified atom stereocenters. The molecule has 0 fully saturated rings. The molecule has 1 aromatic carbocycles. The predicted octanol–water partition coefficient (Wildman–Crippen LogP) is 3.75. The molecule has 6 heteroatoms. The van der Waals surface area contributed by atoms with Crippen LogP contribution in [0, 0.1) is 6.92 Å². The van der Waals surface area contributed by atoms with Gasteiger partial charge in [-0.1, -0.05) is 25.1 Å². The van der Waals surface area contributed by atoms with E-state index in [0.717, 1.165) is 27.9 Å². The molecule has 0 aliphatic carbocycles. The Hall–Kier alpha value is -3.54. The maximum atomic E-state index is 12.3. The first-order chi connectivity index (χ1) is 14.0. The van der Waals surface area contributed by atoms with E-state index in [1.54, 1.807) is 36.6 Å². The average Bonchev–Trinajstić information content (AvgIpc) is 2.77. The number of pyridine rings is 2. The van der Waals surface area contributed by atoms with Crippen LogP contribution in [0.2, 0.25) is 0 Å². The lowest BCUT2D eigenvalue weighted by Gasteiger charge is -2.19. The number of aromatic nitrogens is 2. The lowest BCUT2D eigenvalue weighted by molar-refractivity contribution is -0.118. The Labute approximate surface area is 170 Å². The van der Waals surface area contributed by atoms with Crippen LogP contribution in [-0.4, -0.2) is 28.8 Å². The number of anilines is 1. The fraction of sp³-hybridized carbons (Fsp3) is 0.217. The van der Waals surface area contributed by atoms with Crippen LogP contribution >= 0.6 is 0 Å². The molecule has 148 valence electrons. The highest BCUT2D eigenvalue weighted by molar-refractivity contribution is 5.94. The van der Waals surface area contributed by atoms with Crippen molar-refractivity contribution in [1.29, 1.82) is 0 Å². The molecule has 0 bridgehead atoms. The second-order valence-electron chi connectivity index (χ2n) is 6.78. The van der Waals surface area contributed by atoms with E-state index in [1.165, 1.54) is 0 Å². The van der Waals surface area contributed by atoms with Crippen molar-refractivity contribution < 1.29 is 9.59 Å². The molecule has 0 spiro atoms. The first-order valence-electron chi connectivity index (χ1n) is 9.50. The number of carbonyl (C=O) groups excluding carboxylic acids is 2. The molecule has 29 heavy (non-hydrogen) atoms. The van der Waals surface area contributed by atoms with E-state index in [9.17, 15) is 9.59 Å². The molecule has 2 heterocycles. The van der Waals surface area contributed by atoms with E-state index in [4.69, 9.17) is 0 Å². The van der Waals surface area contributed by atoms with Crippen molar-refractivity contribution in [2.24, 2.45) is 0 Å². The smallest absolute Gasteiger partial charge is 0.270 e. The van der Waals surface area contributed by atoms with Gasteiger partial charge in [0.05, 0.1) is 0 Å². The largest absolute Gasteiger partial charge is 0.347 e. The summed E-state index contributed by atoms with van der Waals surface area (Å²) in [5.41, 5.74) is 5.08. The van der Waals surface area contributed by atoms with Crippen molar-refractivity contribution in [2.45, 2.75) is 26.8 Å². The molecule has 0 saturated carbocycles. The van der Waals surface area contributed by atoms with Gasteiger partial charge in [-0.25, -0.2) is 0 Å². The fourth-order valence-corrected chi connectivity index (χ4v) is 3.06. The zero-order valence-electron chi connectivity index (χ0n) is 16.8. The topological polar surface area (TPSA) is 75.2 Å². The standard InChI is InChI=1S/C23H24N4O2/c1-4-22(28)27(3)21-10-8-18(12-16(21)2)19-7-9-20(25-15-19)23(29)26-14-17-6-5-11-24-13-17/h5-13,15H,4,14H2,1-3H3,(H,26,29).